The number of halogens is 2. The fourth-order valence-electron chi connectivity index (χ4n) is 2.05. The topological polar surface area (TPSA) is 12.0 Å². The molecule has 0 fully saturated rings. The molecule has 0 amide bonds. The van der Waals surface area contributed by atoms with E-state index in [1.807, 2.05) is 13.8 Å². The number of rotatable bonds is 4. The zero-order valence-electron chi connectivity index (χ0n) is 12.8. The predicted molar refractivity (Wildman–Crippen MR) is 76.5 cm³/mol. The number of benzene rings is 1. The van der Waals surface area contributed by atoms with E-state index in [1.54, 1.807) is 6.92 Å². The monoisotopic (exact) mass is 269 g/mol. The smallest absolute Gasteiger partial charge is 0.127 e. The van der Waals surface area contributed by atoms with Gasteiger partial charge in [-0.15, -0.1) is 0 Å². The van der Waals surface area contributed by atoms with Crippen molar-refractivity contribution in [2.75, 3.05) is 6.54 Å². The molecule has 0 saturated heterocycles. The molecule has 0 spiro atoms. The maximum atomic E-state index is 14.0. The van der Waals surface area contributed by atoms with Gasteiger partial charge in [-0.3, -0.25) is 0 Å². The summed E-state index contributed by atoms with van der Waals surface area (Å²) in [7, 11) is 0. The first-order valence-electron chi connectivity index (χ1n) is 6.74. The Morgan fingerprint density at radius 1 is 1.00 bits per heavy atom. The molecule has 0 heterocycles. The van der Waals surface area contributed by atoms with Crippen molar-refractivity contribution in [3.05, 3.63) is 34.9 Å². The molecule has 3 heteroatoms. The van der Waals surface area contributed by atoms with E-state index in [4.69, 9.17) is 0 Å². The van der Waals surface area contributed by atoms with E-state index < -0.39 is 5.41 Å². The standard InChI is InChI=1S/C16H25F2N/c1-11-9-14(18)12(10-13(11)17)16(5,6)7-8-19-15(2,3)4/h9-10,19H,7-8H2,1-6H3. The van der Waals surface area contributed by atoms with Crippen molar-refractivity contribution in [1.29, 1.82) is 0 Å². The van der Waals surface area contributed by atoms with Crippen molar-refractivity contribution in [3.8, 4) is 0 Å². The van der Waals surface area contributed by atoms with E-state index in [9.17, 15) is 8.78 Å². The fourth-order valence-corrected chi connectivity index (χ4v) is 2.05. The first-order valence-corrected chi connectivity index (χ1v) is 6.74. The van der Waals surface area contributed by atoms with E-state index in [1.165, 1.54) is 12.1 Å². The molecule has 1 nitrogen and oxygen atoms in total. The summed E-state index contributed by atoms with van der Waals surface area (Å²) in [6, 6.07) is 2.62. The lowest BCUT2D eigenvalue weighted by molar-refractivity contribution is 0.371. The summed E-state index contributed by atoms with van der Waals surface area (Å²) in [6.07, 6.45) is 0.754. The van der Waals surface area contributed by atoms with Gasteiger partial charge in [-0.1, -0.05) is 13.8 Å². The predicted octanol–water partition coefficient (Wildman–Crippen LogP) is 4.33. The van der Waals surface area contributed by atoms with Gasteiger partial charge >= 0.3 is 0 Å². The molecule has 0 bridgehead atoms. The largest absolute Gasteiger partial charge is 0.312 e. The molecule has 1 N–H and O–H groups in total. The van der Waals surface area contributed by atoms with Gasteiger partial charge in [0.15, 0.2) is 0 Å². The van der Waals surface area contributed by atoms with E-state index in [-0.39, 0.29) is 17.2 Å². The highest BCUT2D eigenvalue weighted by molar-refractivity contribution is 5.30. The second-order valence-electron chi connectivity index (χ2n) is 6.89. The van der Waals surface area contributed by atoms with Crippen LogP contribution < -0.4 is 5.32 Å². The lowest BCUT2D eigenvalue weighted by atomic mass is 9.80. The molecule has 0 aromatic heterocycles. The highest BCUT2D eigenvalue weighted by Crippen LogP contribution is 2.30. The molecular weight excluding hydrogens is 244 g/mol. The molecular formula is C16H25F2N. The molecule has 108 valence electrons. The molecule has 0 saturated carbocycles. The van der Waals surface area contributed by atoms with Crippen LogP contribution >= 0.6 is 0 Å². The van der Waals surface area contributed by atoms with Crippen molar-refractivity contribution in [3.63, 3.8) is 0 Å². The minimum atomic E-state index is -0.392. The Kier molecular flexibility index (Phi) is 4.72. The Hall–Kier alpha value is -0.960. The second kappa shape index (κ2) is 5.58. The van der Waals surface area contributed by atoms with Gasteiger partial charge in [0.1, 0.15) is 11.6 Å². The molecule has 0 atom stereocenters. The quantitative estimate of drug-likeness (QED) is 0.858. The van der Waals surface area contributed by atoms with Crippen LogP contribution in [0.1, 0.15) is 52.2 Å². The molecule has 0 aliphatic carbocycles. The summed E-state index contributed by atoms with van der Waals surface area (Å²) >= 11 is 0. The summed E-state index contributed by atoms with van der Waals surface area (Å²) in [4.78, 5) is 0. The Morgan fingerprint density at radius 3 is 2.11 bits per heavy atom. The van der Waals surface area contributed by atoms with E-state index in [0.29, 0.717) is 11.1 Å². The zero-order valence-corrected chi connectivity index (χ0v) is 12.8. The molecule has 19 heavy (non-hydrogen) atoms. The van der Waals surface area contributed by atoms with Crippen molar-refractivity contribution in [1.82, 2.24) is 5.32 Å². The molecule has 1 rings (SSSR count). The van der Waals surface area contributed by atoms with Crippen LogP contribution in [-0.4, -0.2) is 12.1 Å². The van der Waals surface area contributed by atoms with Gasteiger partial charge in [0, 0.05) is 5.54 Å². The number of aryl methyl sites for hydroxylation is 1. The summed E-state index contributed by atoms with van der Waals surface area (Å²) in [6.45, 7) is 12.5. The lowest BCUT2D eigenvalue weighted by Crippen LogP contribution is -2.38. The maximum Gasteiger partial charge on any atom is 0.127 e. The van der Waals surface area contributed by atoms with Gasteiger partial charge in [-0.2, -0.15) is 0 Å². The van der Waals surface area contributed by atoms with Gasteiger partial charge in [0.2, 0.25) is 0 Å². The molecule has 0 aliphatic heterocycles. The summed E-state index contributed by atoms with van der Waals surface area (Å²) in [5.41, 5.74) is 0.445. The third-order valence-corrected chi connectivity index (χ3v) is 3.38. The van der Waals surface area contributed by atoms with Crippen molar-refractivity contribution < 1.29 is 8.78 Å². The Balaban J connectivity index is 2.85. The first kappa shape index (κ1) is 16.1. The van der Waals surface area contributed by atoms with Crippen LogP contribution in [0, 0.1) is 18.6 Å². The van der Waals surface area contributed by atoms with Crippen LogP contribution in [-0.2, 0) is 5.41 Å². The molecule has 0 radical (unpaired) electrons. The fraction of sp³-hybridized carbons (Fsp3) is 0.625. The Labute approximate surface area is 115 Å². The van der Waals surface area contributed by atoms with Gasteiger partial charge in [0.25, 0.3) is 0 Å². The van der Waals surface area contributed by atoms with Crippen molar-refractivity contribution >= 4 is 0 Å². The Morgan fingerprint density at radius 2 is 1.58 bits per heavy atom. The van der Waals surface area contributed by atoms with Gasteiger partial charge in [-0.05, 0) is 69.3 Å². The van der Waals surface area contributed by atoms with Crippen molar-refractivity contribution in [2.45, 2.75) is 58.9 Å². The Bertz CT molecular complexity index is 445. The lowest BCUT2D eigenvalue weighted by Gasteiger charge is -2.29. The molecule has 1 aromatic carbocycles. The van der Waals surface area contributed by atoms with Gasteiger partial charge in [0.05, 0.1) is 0 Å². The SMILES string of the molecule is Cc1cc(F)c(C(C)(C)CCNC(C)(C)C)cc1F. The minimum absolute atomic E-state index is 0.0349. The van der Waals surface area contributed by atoms with Gasteiger partial charge in [-0.25, -0.2) is 8.78 Å². The number of hydrogen-bond donors (Lipinski definition) is 1. The van der Waals surface area contributed by atoms with Gasteiger partial charge < -0.3 is 5.32 Å². The van der Waals surface area contributed by atoms with Crippen LogP contribution in [0.5, 0.6) is 0 Å². The van der Waals surface area contributed by atoms with Crippen LogP contribution in [0.3, 0.4) is 0 Å². The summed E-state index contributed by atoms with van der Waals surface area (Å²) in [5, 5.41) is 3.38. The van der Waals surface area contributed by atoms with Crippen LogP contribution in [0.2, 0.25) is 0 Å². The average molecular weight is 269 g/mol. The number of hydrogen-bond acceptors (Lipinski definition) is 1. The molecule has 0 aliphatic rings. The first-order chi connectivity index (χ1) is 8.53. The summed E-state index contributed by atoms with van der Waals surface area (Å²) in [5.74, 6) is -0.659. The molecule has 1 aromatic rings. The van der Waals surface area contributed by atoms with E-state index in [2.05, 4.69) is 26.1 Å². The third kappa shape index (κ3) is 4.57. The van der Waals surface area contributed by atoms with Crippen LogP contribution in [0.25, 0.3) is 0 Å². The van der Waals surface area contributed by atoms with Crippen LogP contribution in [0.15, 0.2) is 12.1 Å². The normalized spacial score (nSPS) is 12.8. The highest BCUT2D eigenvalue weighted by Gasteiger charge is 2.25. The third-order valence-electron chi connectivity index (χ3n) is 3.38. The minimum Gasteiger partial charge on any atom is -0.312 e. The van der Waals surface area contributed by atoms with Crippen LogP contribution in [0.4, 0.5) is 8.78 Å². The van der Waals surface area contributed by atoms with E-state index >= 15 is 0 Å². The average Bonchev–Trinajstić information content (AvgIpc) is 2.20. The maximum absolute atomic E-state index is 14.0. The molecule has 0 unspecified atom stereocenters. The number of nitrogens with one attached hydrogen (secondary N) is 1. The van der Waals surface area contributed by atoms with E-state index in [0.717, 1.165) is 13.0 Å². The summed E-state index contributed by atoms with van der Waals surface area (Å²) < 4.78 is 27.6. The second-order valence-corrected chi connectivity index (χ2v) is 6.89. The zero-order chi connectivity index (χ0) is 14.8. The van der Waals surface area contributed by atoms with Crippen molar-refractivity contribution in [2.24, 2.45) is 0 Å². The highest BCUT2D eigenvalue weighted by atomic mass is 19.1.